The molecule has 0 amide bonds. The van der Waals surface area contributed by atoms with Crippen molar-refractivity contribution in [1.82, 2.24) is 0 Å². The van der Waals surface area contributed by atoms with E-state index in [-0.39, 0.29) is 23.3 Å². The van der Waals surface area contributed by atoms with E-state index in [1.807, 2.05) is 6.92 Å². The molecular formula is C34H30O9. The lowest BCUT2D eigenvalue weighted by Crippen LogP contribution is -2.22. The normalized spacial score (nSPS) is 10.6. The predicted octanol–water partition coefficient (Wildman–Crippen LogP) is 6.13. The molecule has 0 atom stereocenters. The summed E-state index contributed by atoms with van der Waals surface area (Å²) in [5, 5.41) is 22.4. The van der Waals surface area contributed by atoms with Gasteiger partial charge in [-0.1, -0.05) is 68.3 Å². The van der Waals surface area contributed by atoms with Crippen LogP contribution in [0.4, 0.5) is 0 Å². The third-order valence-corrected chi connectivity index (χ3v) is 6.63. The van der Waals surface area contributed by atoms with E-state index < -0.39 is 57.4 Å². The molecule has 0 unspecified atom stereocenters. The summed E-state index contributed by atoms with van der Waals surface area (Å²) in [5.74, 6) is -6.30. The molecule has 220 valence electrons. The Morgan fingerprint density at radius 1 is 0.628 bits per heavy atom. The van der Waals surface area contributed by atoms with E-state index in [1.54, 1.807) is 36.4 Å². The topological polar surface area (TPSA) is 136 Å². The minimum absolute atomic E-state index is 0.0149. The molecule has 0 saturated carbocycles. The number of hydrogen-bond acceptors (Lipinski definition) is 9. The maximum absolute atomic E-state index is 14.1. The molecule has 0 fully saturated rings. The molecule has 0 radical (unpaired) electrons. The molecule has 0 aromatic heterocycles. The third kappa shape index (κ3) is 6.73. The van der Waals surface area contributed by atoms with Crippen LogP contribution < -0.4 is 9.47 Å². The first-order chi connectivity index (χ1) is 20.8. The average Bonchev–Trinajstić information content (AvgIpc) is 3.05. The fraction of sp³-hybridized carbons (Fsp3) is 0.176. The number of carbonyl (C=O) groups is 4. The number of benzene rings is 4. The van der Waals surface area contributed by atoms with Crippen LogP contribution >= 0.6 is 0 Å². The molecule has 0 saturated heterocycles. The Kier molecular flexibility index (Phi) is 9.90. The van der Waals surface area contributed by atoms with Crippen LogP contribution in [0.25, 0.3) is 0 Å². The van der Waals surface area contributed by atoms with Gasteiger partial charge >= 0.3 is 11.9 Å². The zero-order chi connectivity index (χ0) is 30.9. The van der Waals surface area contributed by atoms with Gasteiger partial charge < -0.3 is 24.4 Å². The molecule has 9 nitrogen and oxygen atoms in total. The highest BCUT2D eigenvalue weighted by Gasteiger charge is 2.37. The Balaban J connectivity index is 2.00. The van der Waals surface area contributed by atoms with Gasteiger partial charge in [0.05, 0.1) is 36.0 Å². The van der Waals surface area contributed by atoms with E-state index in [9.17, 15) is 29.4 Å². The van der Waals surface area contributed by atoms with Crippen LogP contribution in [0.15, 0.2) is 84.9 Å². The number of aromatic hydroxyl groups is 2. The van der Waals surface area contributed by atoms with E-state index in [0.717, 1.165) is 12.8 Å². The van der Waals surface area contributed by atoms with Gasteiger partial charge in [0, 0.05) is 11.1 Å². The monoisotopic (exact) mass is 582 g/mol. The molecule has 4 aromatic carbocycles. The Hall–Kier alpha value is -5.44. The highest BCUT2D eigenvalue weighted by atomic mass is 16.5. The molecule has 0 aliphatic heterocycles. The van der Waals surface area contributed by atoms with Gasteiger partial charge in [-0.25, -0.2) is 9.59 Å². The number of unbranched alkanes of at least 4 members (excludes halogenated alkanes) is 2. The van der Waals surface area contributed by atoms with Crippen LogP contribution in [0.3, 0.4) is 0 Å². The van der Waals surface area contributed by atoms with Crippen molar-refractivity contribution in [2.75, 3.05) is 13.7 Å². The second kappa shape index (κ2) is 14.0. The van der Waals surface area contributed by atoms with Crippen LogP contribution in [-0.4, -0.2) is 47.4 Å². The molecule has 43 heavy (non-hydrogen) atoms. The zero-order valence-corrected chi connectivity index (χ0v) is 23.7. The number of esters is 2. The number of phenolic OH excluding ortho intramolecular Hbond substituents is 2. The molecule has 0 spiro atoms. The number of rotatable bonds is 12. The summed E-state index contributed by atoms with van der Waals surface area (Å²) in [6.07, 6.45) is 2.10. The van der Waals surface area contributed by atoms with Crippen molar-refractivity contribution in [2.45, 2.75) is 26.2 Å². The lowest BCUT2D eigenvalue weighted by atomic mass is 9.88. The second-order valence-electron chi connectivity index (χ2n) is 9.50. The van der Waals surface area contributed by atoms with Crippen LogP contribution in [0.1, 0.15) is 78.7 Å². The smallest absolute Gasteiger partial charge is 0.343 e. The largest absolute Gasteiger partial charge is 0.504 e. The van der Waals surface area contributed by atoms with E-state index in [1.165, 1.54) is 55.6 Å². The molecule has 0 bridgehead atoms. The summed E-state index contributed by atoms with van der Waals surface area (Å²) >= 11 is 0. The summed E-state index contributed by atoms with van der Waals surface area (Å²) in [7, 11) is 1.45. The van der Waals surface area contributed by atoms with Crippen molar-refractivity contribution in [3.8, 4) is 23.0 Å². The Morgan fingerprint density at radius 2 is 1.19 bits per heavy atom. The predicted molar refractivity (Wildman–Crippen MR) is 157 cm³/mol. The van der Waals surface area contributed by atoms with Gasteiger partial charge in [-0.05, 0) is 42.8 Å². The molecule has 0 aliphatic rings. The number of ether oxygens (including phenoxy) is 3. The average molecular weight is 583 g/mol. The lowest BCUT2D eigenvalue weighted by Gasteiger charge is -2.20. The van der Waals surface area contributed by atoms with Crippen molar-refractivity contribution < 1.29 is 43.6 Å². The van der Waals surface area contributed by atoms with Gasteiger partial charge in [-0.3, -0.25) is 9.59 Å². The van der Waals surface area contributed by atoms with E-state index >= 15 is 0 Å². The molecule has 4 aromatic rings. The molecular weight excluding hydrogens is 552 g/mol. The van der Waals surface area contributed by atoms with Gasteiger partial charge in [0.25, 0.3) is 0 Å². The van der Waals surface area contributed by atoms with Crippen molar-refractivity contribution in [2.24, 2.45) is 0 Å². The van der Waals surface area contributed by atoms with Crippen molar-refractivity contribution in [1.29, 1.82) is 0 Å². The van der Waals surface area contributed by atoms with Crippen LogP contribution in [-0.2, 0) is 4.74 Å². The van der Waals surface area contributed by atoms with Crippen molar-refractivity contribution in [3.05, 3.63) is 118 Å². The van der Waals surface area contributed by atoms with Crippen LogP contribution in [0.5, 0.6) is 23.0 Å². The maximum Gasteiger partial charge on any atom is 0.343 e. The van der Waals surface area contributed by atoms with Gasteiger partial charge in [0.2, 0.25) is 5.75 Å². The van der Waals surface area contributed by atoms with Crippen LogP contribution in [0.2, 0.25) is 0 Å². The van der Waals surface area contributed by atoms with E-state index in [4.69, 9.17) is 14.2 Å². The van der Waals surface area contributed by atoms with Crippen molar-refractivity contribution in [3.63, 3.8) is 0 Å². The fourth-order valence-electron chi connectivity index (χ4n) is 4.38. The molecule has 9 heteroatoms. The summed E-state index contributed by atoms with van der Waals surface area (Å²) in [6, 6.07) is 21.3. The Labute approximate surface area is 248 Å². The highest BCUT2D eigenvalue weighted by molar-refractivity contribution is 6.24. The molecule has 0 aliphatic carbocycles. The SMILES string of the molecule is CCCCCOC(=O)c1c(C(=O)c2ccccc2)c(O)c(O)c(OC(=O)c2ccccc2)c1C(=O)c1ccc(OC)cc1. The Morgan fingerprint density at radius 3 is 1.77 bits per heavy atom. The first-order valence-corrected chi connectivity index (χ1v) is 13.6. The van der Waals surface area contributed by atoms with Crippen LogP contribution in [0, 0.1) is 0 Å². The summed E-state index contributed by atoms with van der Waals surface area (Å²) < 4.78 is 16.1. The molecule has 4 rings (SSSR count). The van der Waals surface area contributed by atoms with Gasteiger partial charge in [-0.2, -0.15) is 0 Å². The van der Waals surface area contributed by atoms with Gasteiger partial charge in [-0.15, -0.1) is 0 Å². The van der Waals surface area contributed by atoms with Gasteiger partial charge in [0.1, 0.15) is 5.75 Å². The third-order valence-electron chi connectivity index (χ3n) is 6.63. The number of hydrogen-bond donors (Lipinski definition) is 2. The zero-order valence-electron chi connectivity index (χ0n) is 23.7. The highest BCUT2D eigenvalue weighted by Crippen LogP contribution is 2.46. The summed E-state index contributed by atoms with van der Waals surface area (Å²) in [6.45, 7) is 1.93. The number of ketones is 2. The standard InChI is InChI=1S/C34H30O9/c1-3-4-11-20-42-34(40)25-26(28(35)21-12-7-5-8-13-21)30(37)31(38)32(43-33(39)23-14-9-6-10-15-23)27(25)29(36)22-16-18-24(41-2)19-17-22/h5-10,12-19,37-38H,3-4,11,20H2,1-2H3. The summed E-state index contributed by atoms with van der Waals surface area (Å²) in [5.41, 5.74) is -1.78. The fourth-order valence-corrected chi connectivity index (χ4v) is 4.38. The lowest BCUT2D eigenvalue weighted by molar-refractivity contribution is 0.0489. The minimum Gasteiger partial charge on any atom is -0.504 e. The Bertz CT molecular complexity index is 1630. The quantitative estimate of drug-likeness (QED) is 0.0664. The van der Waals surface area contributed by atoms with Gasteiger partial charge in [0.15, 0.2) is 23.1 Å². The first kappa shape index (κ1) is 30.5. The van der Waals surface area contributed by atoms with E-state index in [0.29, 0.717) is 12.2 Å². The minimum atomic E-state index is -1.11. The number of methoxy groups -OCH3 is 1. The second-order valence-corrected chi connectivity index (χ2v) is 9.50. The number of carbonyl (C=O) groups excluding carboxylic acids is 4. The molecule has 2 N–H and O–H groups in total. The summed E-state index contributed by atoms with van der Waals surface area (Å²) in [4.78, 5) is 54.7. The number of phenols is 2. The van der Waals surface area contributed by atoms with E-state index in [2.05, 4.69) is 0 Å². The molecule has 0 heterocycles. The first-order valence-electron chi connectivity index (χ1n) is 13.6. The van der Waals surface area contributed by atoms with Crippen molar-refractivity contribution >= 4 is 23.5 Å². The maximum atomic E-state index is 14.1.